The van der Waals surface area contributed by atoms with Gasteiger partial charge in [0.15, 0.2) is 0 Å². The molecule has 0 aliphatic rings. The van der Waals surface area contributed by atoms with Crippen molar-refractivity contribution in [1.29, 1.82) is 5.26 Å². The van der Waals surface area contributed by atoms with Crippen LogP contribution in [0.25, 0.3) is 0 Å². The van der Waals surface area contributed by atoms with Crippen molar-refractivity contribution in [3.63, 3.8) is 0 Å². The maximum atomic E-state index is 12.0. The number of carbonyl (C=O) groups excluding carboxylic acids is 2. The molecule has 1 amide bonds. The van der Waals surface area contributed by atoms with Crippen molar-refractivity contribution in [1.82, 2.24) is 0 Å². The highest BCUT2D eigenvalue weighted by Crippen LogP contribution is 2.27. The maximum Gasteiger partial charge on any atom is 0.342 e. The number of furan rings is 1. The van der Waals surface area contributed by atoms with E-state index >= 15 is 0 Å². The summed E-state index contributed by atoms with van der Waals surface area (Å²) in [6.45, 7) is 1.52. The van der Waals surface area contributed by atoms with Crippen molar-refractivity contribution in [3.8, 4) is 6.07 Å². The third-order valence-electron chi connectivity index (χ3n) is 2.85. The van der Waals surface area contributed by atoms with Crippen LogP contribution in [0.2, 0.25) is 0 Å². The van der Waals surface area contributed by atoms with E-state index in [4.69, 9.17) is 4.42 Å². The Hall–Kier alpha value is -3.07. The molecule has 0 radical (unpaired) electrons. The number of aryl methyl sites for hydroxylation is 1. The van der Waals surface area contributed by atoms with Gasteiger partial charge >= 0.3 is 5.97 Å². The Balaban J connectivity index is 2.36. The highest BCUT2D eigenvalue weighted by molar-refractivity contribution is 6.05. The number of methoxy groups -OCH3 is 1. The first-order valence-electron chi connectivity index (χ1n) is 6.06. The molecule has 1 aromatic carbocycles. The lowest BCUT2D eigenvalue weighted by atomic mass is 10.1. The van der Waals surface area contributed by atoms with Crippen LogP contribution in [0.15, 0.2) is 34.7 Å². The van der Waals surface area contributed by atoms with Crippen LogP contribution in [0.5, 0.6) is 0 Å². The number of carbonyl (C=O) groups is 2. The minimum atomic E-state index is -0.687. The molecule has 0 fully saturated rings. The zero-order valence-corrected chi connectivity index (χ0v) is 11.5. The molecule has 0 aliphatic heterocycles. The number of nitrogens with one attached hydrogen (secondary N) is 1. The number of rotatable bonds is 3. The lowest BCUT2D eigenvalue weighted by molar-refractivity contribution is 0.0598. The van der Waals surface area contributed by atoms with Gasteiger partial charge in [-0.25, -0.2) is 4.79 Å². The molecule has 1 N–H and O–H groups in total. The van der Waals surface area contributed by atoms with Crippen LogP contribution in [0.1, 0.15) is 32.0 Å². The highest BCUT2D eigenvalue weighted by Gasteiger charge is 2.25. The molecule has 2 rings (SSSR count). The van der Waals surface area contributed by atoms with Gasteiger partial charge in [-0.05, 0) is 19.1 Å². The molecular weight excluding hydrogens is 272 g/mol. The molecule has 1 heterocycles. The number of amides is 1. The summed E-state index contributed by atoms with van der Waals surface area (Å²) >= 11 is 0. The molecule has 6 nitrogen and oxygen atoms in total. The van der Waals surface area contributed by atoms with Crippen LogP contribution < -0.4 is 5.32 Å². The molecule has 0 saturated carbocycles. The van der Waals surface area contributed by atoms with E-state index in [1.165, 1.54) is 14.0 Å². The number of benzene rings is 1. The van der Waals surface area contributed by atoms with Crippen molar-refractivity contribution in [2.24, 2.45) is 0 Å². The Labute approximate surface area is 120 Å². The number of hydrogen-bond acceptors (Lipinski definition) is 5. The van der Waals surface area contributed by atoms with E-state index in [1.54, 1.807) is 30.3 Å². The van der Waals surface area contributed by atoms with Gasteiger partial charge in [-0.2, -0.15) is 5.26 Å². The van der Waals surface area contributed by atoms with Gasteiger partial charge in [-0.3, -0.25) is 10.1 Å². The van der Waals surface area contributed by atoms with Gasteiger partial charge in [0, 0.05) is 5.56 Å². The minimum Gasteiger partial charge on any atom is -0.465 e. The second kappa shape index (κ2) is 5.92. The van der Waals surface area contributed by atoms with Crippen molar-refractivity contribution in [2.45, 2.75) is 6.92 Å². The normalized spacial score (nSPS) is 9.76. The summed E-state index contributed by atoms with van der Waals surface area (Å²) in [4.78, 5) is 23.7. The molecule has 0 spiro atoms. The second-order valence-corrected chi connectivity index (χ2v) is 4.16. The van der Waals surface area contributed by atoms with Crippen LogP contribution >= 0.6 is 0 Å². The molecule has 21 heavy (non-hydrogen) atoms. The molecule has 106 valence electrons. The molecule has 0 aliphatic carbocycles. The lowest BCUT2D eigenvalue weighted by Gasteiger charge is -2.02. The van der Waals surface area contributed by atoms with E-state index in [-0.39, 0.29) is 22.8 Å². The van der Waals surface area contributed by atoms with E-state index < -0.39 is 11.9 Å². The molecular formula is C15H12N2O4. The topological polar surface area (TPSA) is 92.3 Å². The zero-order valence-electron chi connectivity index (χ0n) is 11.5. The monoisotopic (exact) mass is 284 g/mol. The Morgan fingerprint density at radius 2 is 1.95 bits per heavy atom. The molecule has 0 unspecified atom stereocenters. The van der Waals surface area contributed by atoms with Crippen LogP contribution in [-0.2, 0) is 4.74 Å². The molecule has 2 aromatic rings. The highest BCUT2D eigenvalue weighted by atomic mass is 16.5. The average Bonchev–Trinajstić information content (AvgIpc) is 2.82. The summed E-state index contributed by atoms with van der Waals surface area (Å²) < 4.78 is 9.90. The zero-order chi connectivity index (χ0) is 15.4. The van der Waals surface area contributed by atoms with E-state index in [0.29, 0.717) is 5.56 Å². The van der Waals surface area contributed by atoms with Gasteiger partial charge in [0.1, 0.15) is 23.0 Å². The number of anilines is 1. The summed E-state index contributed by atoms with van der Waals surface area (Å²) in [5.41, 5.74) is 0.377. The Morgan fingerprint density at radius 3 is 2.52 bits per heavy atom. The van der Waals surface area contributed by atoms with Crippen molar-refractivity contribution < 1.29 is 18.7 Å². The second-order valence-electron chi connectivity index (χ2n) is 4.16. The number of ether oxygens (including phenoxy) is 1. The average molecular weight is 284 g/mol. The van der Waals surface area contributed by atoms with Gasteiger partial charge in [-0.15, -0.1) is 0 Å². The molecule has 0 atom stereocenters. The molecule has 0 bridgehead atoms. The minimum absolute atomic E-state index is 0.0170. The fraction of sp³-hybridized carbons (Fsp3) is 0.133. The fourth-order valence-corrected chi connectivity index (χ4v) is 1.85. The molecule has 0 saturated heterocycles. The first kappa shape index (κ1) is 14.3. The first-order chi connectivity index (χ1) is 10.1. The third-order valence-corrected chi connectivity index (χ3v) is 2.85. The van der Waals surface area contributed by atoms with Crippen molar-refractivity contribution in [3.05, 3.63) is 52.8 Å². The van der Waals surface area contributed by atoms with Crippen LogP contribution in [0, 0.1) is 18.3 Å². The van der Waals surface area contributed by atoms with Gasteiger partial charge in [0.2, 0.25) is 5.88 Å². The fourth-order valence-electron chi connectivity index (χ4n) is 1.85. The standard InChI is InChI=1S/C15H12N2O4/c1-9-12(15(19)20-2)11(8-16)14(21-9)17-13(18)10-6-4-3-5-7-10/h3-7H,1-2H3,(H,17,18). The van der Waals surface area contributed by atoms with Crippen molar-refractivity contribution in [2.75, 3.05) is 12.4 Å². The number of nitriles is 1. The number of esters is 1. The van der Waals surface area contributed by atoms with Crippen molar-refractivity contribution >= 4 is 17.8 Å². The van der Waals surface area contributed by atoms with E-state index in [1.807, 2.05) is 6.07 Å². The van der Waals surface area contributed by atoms with E-state index in [9.17, 15) is 14.9 Å². The van der Waals surface area contributed by atoms with E-state index in [2.05, 4.69) is 10.1 Å². The Kier molecular flexibility index (Phi) is 4.05. The smallest absolute Gasteiger partial charge is 0.342 e. The molecule has 1 aromatic heterocycles. The Morgan fingerprint density at radius 1 is 1.29 bits per heavy atom. The third kappa shape index (κ3) is 2.77. The van der Waals surface area contributed by atoms with E-state index in [0.717, 1.165) is 0 Å². The van der Waals surface area contributed by atoms with Gasteiger partial charge in [0.25, 0.3) is 5.91 Å². The lowest BCUT2D eigenvalue weighted by Crippen LogP contribution is -2.12. The summed E-state index contributed by atoms with van der Waals surface area (Å²) in [6.07, 6.45) is 0. The van der Waals surface area contributed by atoms with Crippen LogP contribution in [0.4, 0.5) is 5.88 Å². The van der Waals surface area contributed by atoms with Crippen LogP contribution in [-0.4, -0.2) is 19.0 Å². The summed E-state index contributed by atoms with van der Waals surface area (Å²) in [5.74, 6) is -0.976. The SMILES string of the molecule is COC(=O)c1c(C)oc(NC(=O)c2ccccc2)c1C#N. The summed E-state index contributed by atoms with van der Waals surface area (Å²) in [6, 6.07) is 10.3. The van der Waals surface area contributed by atoms with Gasteiger partial charge < -0.3 is 9.15 Å². The van der Waals surface area contributed by atoms with Crippen LogP contribution in [0.3, 0.4) is 0 Å². The van der Waals surface area contributed by atoms with Gasteiger partial charge in [0.05, 0.1) is 7.11 Å². The number of hydrogen-bond donors (Lipinski definition) is 1. The summed E-state index contributed by atoms with van der Waals surface area (Å²) in [7, 11) is 1.21. The van der Waals surface area contributed by atoms with Gasteiger partial charge in [-0.1, -0.05) is 18.2 Å². The number of nitrogens with zero attached hydrogens (tertiary/aromatic N) is 1. The summed E-state index contributed by atoms with van der Waals surface area (Å²) in [5, 5.41) is 11.7. The molecule has 6 heteroatoms. The Bertz CT molecular complexity index is 726. The predicted octanol–water partition coefficient (Wildman–Crippen LogP) is 2.50. The largest absolute Gasteiger partial charge is 0.465 e. The quantitative estimate of drug-likeness (QED) is 0.874. The predicted molar refractivity (Wildman–Crippen MR) is 73.9 cm³/mol. The first-order valence-corrected chi connectivity index (χ1v) is 6.06. The maximum absolute atomic E-state index is 12.0.